The molecule has 2 aliphatic rings. The van der Waals surface area contributed by atoms with Crippen molar-refractivity contribution in [2.45, 2.75) is 45.6 Å². The van der Waals surface area contributed by atoms with Gasteiger partial charge in [-0.1, -0.05) is 17.7 Å². The summed E-state index contributed by atoms with van der Waals surface area (Å²) < 4.78 is 0. The molecular weight excluding hydrogens is 334 g/mol. The molecule has 2 unspecified atom stereocenters. The molecule has 3 rings (SSSR count). The van der Waals surface area contributed by atoms with Gasteiger partial charge in [-0.25, -0.2) is 0 Å². The average molecular weight is 372 g/mol. The first-order valence-corrected chi connectivity index (χ1v) is 10.7. The van der Waals surface area contributed by atoms with Gasteiger partial charge in [-0.2, -0.15) is 0 Å². The van der Waals surface area contributed by atoms with E-state index in [1.165, 1.54) is 50.0 Å². The molecule has 2 aliphatic heterocycles. The third-order valence-electron chi connectivity index (χ3n) is 5.74. The Morgan fingerprint density at radius 2 is 1.89 bits per heavy atom. The number of hydrogen-bond acceptors (Lipinski definition) is 3. The van der Waals surface area contributed by atoms with Crippen LogP contribution in [0.15, 0.2) is 29.3 Å². The van der Waals surface area contributed by atoms with Crippen molar-refractivity contribution in [2.75, 3.05) is 51.2 Å². The van der Waals surface area contributed by atoms with Gasteiger partial charge in [0.15, 0.2) is 5.96 Å². The molecule has 2 fully saturated rings. The Balaban J connectivity index is 1.56. The van der Waals surface area contributed by atoms with E-state index in [0.717, 1.165) is 32.1 Å². The largest absolute Gasteiger partial charge is 0.369 e. The van der Waals surface area contributed by atoms with Gasteiger partial charge in [0.05, 0.1) is 0 Å². The van der Waals surface area contributed by atoms with E-state index in [1.54, 1.807) is 0 Å². The van der Waals surface area contributed by atoms with E-state index >= 15 is 0 Å². The summed E-state index contributed by atoms with van der Waals surface area (Å²) in [5, 5.41) is 7.15. The number of hydrogen-bond donors (Lipinski definition) is 2. The molecule has 0 amide bonds. The van der Waals surface area contributed by atoms with Gasteiger partial charge in [-0.15, -0.1) is 0 Å². The Morgan fingerprint density at radius 1 is 1.11 bits per heavy atom. The minimum atomic E-state index is 0.451. The highest BCUT2D eigenvalue weighted by Crippen LogP contribution is 2.20. The van der Waals surface area contributed by atoms with E-state index < -0.39 is 0 Å². The number of nitrogens with one attached hydrogen (secondary N) is 2. The molecular formula is C22H37N5. The first kappa shape index (κ1) is 20.0. The van der Waals surface area contributed by atoms with Crippen LogP contribution in [0.25, 0.3) is 0 Å². The number of likely N-dealkylation sites (tertiary alicyclic amines) is 1. The number of piperidine rings is 2. The molecule has 0 aromatic heterocycles. The second-order valence-corrected chi connectivity index (χ2v) is 8.26. The van der Waals surface area contributed by atoms with Crippen LogP contribution in [0.4, 0.5) is 5.69 Å². The van der Waals surface area contributed by atoms with Crippen LogP contribution >= 0.6 is 0 Å². The molecule has 5 heteroatoms. The van der Waals surface area contributed by atoms with Crippen molar-refractivity contribution in [1.29, 1.82) is 0 Å². The summed E-state index contributed by atoms with van der Waals surface area (Å²) in [6.45, 7) is 10.7. The Kier molecular flexibility index (Phi) is 7.39. The molecule has 1 aromatic carbocycles. The molecule has 2 heterocycles. The molecule has 1 aromatic rings. The Labute approximate surface area is 165 Å². The van der Waals surface area contributed by atoms with Crippen LogP contribution in [0.1, 0.15) is 38.2 Å². The summed E-state index contributed by atoms with van der Waals surface area (Å²) in [5.41, 5.74) is 2.65. The highest BCUT2D eigenvalue weighted by molar-refractivity contribution is 5.80. The van der Waals surface area contributed by atoms with Gasteiger partial charge in [-0.3, -0.25) is 4.99 Å². The highest BCUT2D eigenvalue weighted by Gasteiger charge is 2.21. The molecule has 0 bridgehead atoms. The van der Waals surface area contributed by atoms with Crippen LogP contribution in [0, 0.1) is 12.8 Å². The van der Waals surface area contributed by atoms with Crippen LogP contribution in [0.2, 0.25) is 0 Å². The van der Waals surface area contributed by atoms with Crippen molar-refractivity contribution >= 4 is 11.6 Å². The van der Waals surface area contributed by atoms with Gasteiger partial charge in [0.25, 0.3) is 0 Å². The van der Waals surface area contributed by atoms with E-state index in [0.29, 0.717) is 12.0 Å². The van der Waals surface area contributed by atoms with Gasteiger partial charge in [0, 0.05) is 44.5 Å². The van der Waals surface area contributed by atoms with Crippen molar-refractivity contribution < 1.29 is 0 Å². The lowest BCUT2D eigenvalue weighted by molar-refractivity contribution is 0.214. The number of guanidine groups is 1. The van der Waals surface area contributed by atoms with Gasteiger partial charge >= 0.3 is 0 Å². The molecule has 0 radical (unpaired) electrons. The van der Waals surface area contributed by atoms with Crippen molar-refractivity contribution in [3.8, 4) is 0 Å². The number of benzene rings is 1. The minimum absolute atomic E-state index is 0.451. The lowest BCUT2D eigenvalue weighted by Gasteiger charge is -2.35. The summed E-state index contributed by atoms with van der Waals surface area (Å²) in [4.78, 5) is 9.86. The van der Waals surface area contributed by atoms with Crippen LogP contribution in [0.3, 0.4) is 0 Å². The summed E-state index contributed by atoms with van der Waals surface area (Å²) in [7, 11) is 2.22. The third-order valence-corrected chi connectivity index (χ3v) is 5.74. The summed E-state index contributed by atoms with van der Waals surface area (Å²) in [5.74, 6) is 1.68. The second-order valence-electron chi connectivity index (χ2n) is 8.26. The Morgan fingerprint density at radius 3 is 2.63 bits per heavy atom. The number of aliphatic imine (C=N–C) groups is 1. The third kappa shape index (κ3) is 6.13. The van der Waals surface area contributed by atoms with E-state index in [1.807, 2.05) is 0 Å². The van der Waals surface area contributed by atoms with E-state index in [2.05, 4.69) is 65.6 Å². The van der Waals surface area contributed by atoms with Crippen LogP contribution in [-0.4, -0.2) is 63.2 Å². The van der Waals surface area contributed by atoms with Gasteiger partial charge < -0.3 is 20.4 Å². The zero-order valence-electron chi connectivity index (χ0n) is 17.4. The summed E-state index contributed by atoms with van der Waals surface area (Å²) in [6, 6.07) is 9.36. The molecule has 5 nitrogen and oxygen atoms in total. The van der Waals surface area contributed by atoms with Crippen molar-refractivity contribution in [1.82, 2.24) is 15.5 Å². The van der Waals surface area contributed by atoms with Crippen molar-refractivity contribution in [2.24, 2.45) is 10.9 Å². The second kappa shape index (κ2) is 9.98. The number of anilines is 1. The number of rotatable bonds is 5. The molecule has 0 aliphatic carbocycles. The van der Waals surface area contributed by atoms with Crippen molar-refractivity contribution in [3.63, 3.8) is 0 Å². The highest BCUT2D eigenvalue weighted by atomic mass is 15.2. The maximum atomic E-state index is 4.92. The lowest BCUT2D eigenvalue weighted by Crippen LogP contribution is -2.51. The first-order chi connectivity index (χ1) is 13.1. The maximum Gasteiger partial charge on any atom is 0.191 e. The average Bonchev–Trinajstić information content (AvgIpc) is 2.67. The maximum absolute atomic E-state index is 4.92. The van der Waals surface area contributed by atoms with E-state index in [-0.39, 0.29) is 0 Å². The lowest BCUT2D eigenvalue weighted by atomic mass is 9.99. The van der Waals surface area contributed by atoms with Gasteiger partial charge in [0.1, 0.15) is 0 Å². The quantitative estimate of drug-likeness (QED) is 0.617. The normalized spacial score (nSPS) is 24.7. The summed E-state index contributed by atoms with van der Waals surface area (Å²) in [6.07, 6.45) is 5.03. The molecule has 2 saturated heterocycles. The standard InChI is InChI=1S/C22H37N5/c1-4-23-22(24-15-19-7-5-13-26(3)16-19)25-20-8-6-14-27(17-20)21-11-9-18(2)10-12-21/h9-12,19-20H,4-8,13-17H2,1-3H3,(H2,23,24,25). The van der Waals surface area contributed by atoms with Crippen LogP contribution < -0.4 is 15.5 Å². The molecule has 27 heavy (non-hydrogen) atoms. The van der Waals surface area contributed by atoms with Gasteiger partial charge in [0.2, 0.25) is 0 Å². The fourth-order valence-corrected chi connectivity index (χ4v) is 4.24. The Hall–Kier alpha value is -1.75. The fourth-order valence-electron chi connectivity index (χ4n) is 4.24. The fraction of sp³-hybridized carbons (Fsp3) is 0.682. The van der Waals surface area contributed by atoms with Gasteiger partial charge in [-0.05, 0) is 71.2 Å². The monoisotopic (exact) mass is 371 g/mol. The molecule has 0 spiro atoms. The topological polar surface area (TPSA) is 42.9 Å². The zero-order chi connectivity index (χ0) is 19.1. The number of aryl methyl sites for hydroxylation is 1. The van der Waals surface area contributed by atoms with Crippen LogP contribution in [-0.2, 0) is 0 Å². The van der Waals surface area contributed by atoms with E-state index in [9.17, 15) is 0 Å². The molecule has 2 atom stereocenters. The molecule has 150 valence electrons. The first-order valence-electron chi connectivity index (χ1n) is 10.7. The molecule has 2 N–H and O–H groups in total. The predicted molar refractivity (Wildman–Crippen MR) is 116 cm³/mol. The smallest absolute Gasteiger partial charge is 0.191 e. The van der Waals surface area contributed by atoms with Crippen LogP contribution in [0.5, 0.6) is 0 Å². The van der Waals surface area contributed by atoms with E-state index in [4.69, 9.17) is 4.99 Å². The predicted octanol–water partition coefficient (Wildman–Crippen LogP) is 2.86. The molecule has 0 saturated carbocycles. The minimum Gasteiger partial charge on any atom is -0.369 e. The number of nitrogens with zero attached hydrogens (tertiary/aromatic N) is 3. The van der Waals surface area contributed by atoms with Crippen molar-refractivity contribution in [3.05, 3.63) is 29.8 Å². The zero-order valence-corrected chi connectivity index (χ0v) is 17.4. The Bertz CT molecular complexity index is 597. The summed E-state index contributed by atoms with van der Waals surface area (Å²) >= 11 is 0. The SMILES string of the molecule is CCNC(=NCC1CCCN(C)C1)NC1CCCN(c2ccc(C)cc2)C1.